The van der Waals surface area contributed by atoms with Crippen molar-refractivity contribution < 1.29 is 19.1 Å². The van der Waals surface area contributed by atoms with Gasteiger partial charge in [0.1, 0.15) is 28.7 Å². The molecule has 0 saturated carbocycles. The number of rotatable bonds is 5. The average molecular weight is 422 g/mol. The molecular formula is C23H26N4O4. The van der Waals surface area contributed by atoms with E-state index < -0.39 is 11.5 Å². The summed E-state index contributed by atoms with van der Waals surface area (Å²) in [6.45, 7) is 3.92. The standard InChI is InChI=1S/C23H26N4O4/c1-23(2)13-17-18(30-16-7-5-14(6-8-16)22(29)27(3)4)11-15(12-19(17)31-23)21(28)26-20(25)9-10-24/h5-12H,13,24H2,1-4H3,(H2,25,26,28)/b10-9-. The summed E-state index contributed by atoms with van der Waals surface area (Å²) < 4.78 is 12.1. The van der Waals surface area contributed by atoms with Crippen LogP contribution < -0.4 is 20.5 Å². The minimum absolute atomic E-state index is 0.102. The molecule has 0 fully saturated rings. The number of benzene rings is 2. The number of hydrogen-bond donors (Lipinski definition) is 3. The highest BCUT2D eigenvalue weighted by Crippen LogP contribution is 2.43. The van der Waals surface area contributed by atoms with Crippen molar-refractivity contribution in [1.29, 1.82) is 5.41 Å². The number of fused-ring (bicyclic) bond motifs is 1. The quantitative estimate of drug-likeness (QED) is 0.506. The first-order valence-corrected chi connectivity index (χ1v) is 9.73. The first kappa shape index (κ1) is 21.9. The normalized spacial score (nSPS) is 13.9. The van der Waals surface area contributed by atoms with Gasteiger partial charge in [0.2, 0.25) is 0 Å². The Balaban J connectivity index is 1.92. The zero-order valence-electron chi connectivity index (χ0n) is 18.0. The van der Waals surface area contributed by atoms with Gasteiger partial charge in [-0.15, -0.1) is 0 Å². The highest BCUT2D eigenvalue weighted by atomic mass is 16.5. The monoisotopic (exact) mass is 422 g/mol. The van der Waals surface area contributed by atoms with Crippen LogP contribution >= 0.6 is 0 Å². The summed E-state index contributed by atoms with van der Waals surface area (Å²) >= 11 is 0. The molecule has 0 spiro atoms. The predicted octanol–water partition coefficient (Wildman–Crippen LogP) is 3.07. The Labute approximate surface area is 181 Å². The third-order valence-corrected chi connectivity index (χ3v) is 4.67. The molecule has 0 aromatic heterocycles. The van der Waals surface area contributed by atoms with Crippen molar-refractivity contribution in [2.24, 2.45) is 5.73 Å². The third kappa shape index (κ3) is 5.03. The van der Waals surface area contributed by atoms with Gasteiger partial charge in [0.05, 0.1) is 0 Å². The molecule has 0 atom stereocenters. The van der Waals surface area contributed by atoms with E-state index in [-0.39, 0.29) is 11.7 Å². The highest BCUT2D eigenvalue weighted by Gasteiger charge is 2.34. The van der Waals surface area contributed by atoms with Gasteiger partial charge < -0.3 is 25.4 Å². The molecular weight excluding hydrogens is 396 g/mol. The Morgan fingerprint density at radius 1 is 1.19 bits per heavy atom. The lowest BCUT2D eigenvalue weighted by molar-refractivity contribution is 0.0827. The Bertz CT molecular complexity index is 1060. The highest BCUT2D eigenvalue weighted by molar-refractivity contribution is 6.09. The molecule has 1 heterocycles. The van der Waals surface area contributed by atoms with Crippen molar-refractivity contribution in [3.63, 3.8) is 0 Å². The van der Waals surface area contributed by atoms with Gasteiger partial charge in [-0.05, 0) is 62.5 Å². The number of hydrogen-bond acceptors (Lipinski definition) is 6. The van der Waals surface area contributed by atoms with Crippen LogP contribution in [0.5, 0.6) is 17.2 Å². The number of carbonyl (C=O) groups excluding carboxylic acids is 2. The summed E-state index contributed by atoms with van der Waals surface area (Å²) in [6, 6.07) is 10.1. The molecule has 8 nitrogen and oxygen atoms in total. The molecule has 2 amide bonds. The lowest BCUT2D eigenvalue weighted by Crippen LogP contribution is -2.28. The maximum absolute atomic E-state index is 12.6. The van der Waals surface area contributed by atoms with E-state index in [1.165, 1.54) is 17.2 Å². The van der Waals surface area contributed by atoms with Gasteiger partial charge in [-0.1, -0.05) is 0 Å². The molecule has 8 heteroatoms. The molecule has 0 radical (unpaired) electrons. The van der Waals surface area contributed by atoms with Crippen molar-refractivity contribution in [2.45, 2.75) is 25.9 Å². The van der Waals surface area contributed by atoms with Gasteiger partial charge >= 0.3 is 0 Å². The topological polar surface area (TPSA) is 118 Å². The molecule has 0 aliphatic carbocycles. The van der Waals surface area contributed by atoms with Crippen LogP contribution in [0.2, 0.25) is 0 Å². The number of carbonyl (C=O) groups is 2. The van der Waals surface area contributed by atoms with Gasteiger partial charge in [0.25, 0.3) is 11.8 Å². The molecule has 3 rings (SSSR count). The van der Waals surface area contributed by atoms with Crippen LogP contribution in [-0.2, 0) is 6.42 Å². The van der Waals surface area contributed by atoms with E-state index in [9.17, 15) is 9.59 Å². The van der Waals surface area contributed by atoms with E-state index in [0.29, 0.717) is 34.8 Å². The molecule has 4 N–H and O–H groups in total. The van der Waals surface area contributed by atoms with Crippen LogP contribution in [0.15, 0.2) is 48.7 Å². The minimum Gasteiger partial charge on any atom is -0.487 e. The maximum Gasteiger partial charge on any atom is 0.257 e. The Kier molecular flexibility index (Phi) is 6.01. The summed E-state index contributed by atoms with van der Waals surface area (Å²) in [5, 5.41) is 10.2. The van der Waals surface area contributed by atoms with E-state index in [4.69, 9.17) is 20.6 Å². The van der Waals surface area contributed by atoms with Crippen molar-refractivity contribution >= 4 is 17.6 Å². The Morgan fingerprint density at radius 2 is 1.87 bits per heavy atom. The van der Waals surface area contributed by atoms with Crippen LogP contribution in [0, 0.1) is 5.41 Å². The van der Waals surface area contributed by atoms with Gasteiger partial charge in [-0.25, -0.2) is 0 Å². The molecule has 2 aromatic carbocycles. The number of nitrogens with one attached hydrogen (secondary N) is 2. The number of amidine groups is 1. The summed E-state index contributed by atoms with van der Waals surface area (Å²) in [4.78, 5) is 26.2. The maximum atomic E-state index is 12.6. The Hall–Kier alpha value is -3.81. The number of ether oxygens (including phenoxy) is 2. The van der Waals surface area contributed by atoms with E-state index in [1.54, 1.807) is 50.5 Å². The summed E-state index contributed by atoms with van der Waals surface area (Å²) in [5.41, 5.74) is 6.52. The van der Waals surface area contributed by atoms with Crippen LogP contribution in [0.25, 0.3) is 0 Å². The van der Waals surface area contributed by atoms with Crippen LogP contribution in [0.1, 0.15) is 40.1 Å². The number of nitrogens with zero attached hydrogens (tertiary/aromatic N) is 1. The smallest absolute Gasteiger partial charge is 0.257 e. The van der Waals surface area contributed by atoms with E-state index in [1.807, 2.05) is 13.8 Å². The van der Waals surface area contributed by atoms with Gasteiger partial charge in [-0.3, -0.25) is 15.0 Å². The summed E-state index contributed by atoms with van der Waals surface area (Å²) in [7, 11) is 3.38. The van der Waals surface area contributed by atoms with Gasteiger partial charge in [-0.2, -0.15) is 0 Å². The second-order valence-electron chi connectivity index (χ2n) is 8.04. The van der Waals surface area contributed by atoms with Crippen LogP contribution in [0.4, 0.5) is 0 Å². The van der Waals surface area contributed by atoms with Crippen molar-refractivity contribution in [3.05, 3.63) is 65.4 Å². The van der Waals surface area contributed by atoms with E-state index >= 15 is 0 Å². The molecule has 0 unspecified atom stereocenters. The molecule has 1 aliphatic rings. The second-order valence-corrected chi connectivity index (χ2v) is 8.04. The zero-order valence-corrected chi connectivity index (χ0v) is 18.0. The molecule has 0 bridgehead atoms. The fourth-order valence-electron chi connectivity index (χ4n) is 3.25. The summed E-state index contributed by atoms with van der Waals surface area (Å²) in [6.07, 6.45) is 3.07. The van der Waals surface area contributed by atoms with Crippen LogP contribution in [0.3, 0.4) is 0 Å². The largest absolute Gasteiger partial charge is 0.487 e. The van der Waals surface area contributed by atoms with Gasteiger partial charge in [0, 0.05) is 37.2 Å². The van der Waals surface area contributed by atoms with Crippen molar-refractivity contribution in [2.75, 3.05) is 14.1 Å². The second kappa shape index (κ2) is 8.51. The molecule has 2 aromatic rings. The predicted molar refractivity (Wildman–Crippen MR) is 118 cm³/mol. The molecule has 1 aliphatic heterocycles. The SMILES string of the molecule is CN(C)C(=O)c1ccc(Oc2cc(C(=O)NC(=N)/C=C\N)cc3c2CC(C)(C)O3)cc1. The number of nitrogens with two attached hydrogens (primary N) is 1. The first-order valence-electron chi connectivity index (χ1n) is 9.73. The van der Waals surface area contributed by atoms with Crippen molar-refractivity contribution in [1.82, 2.24) is 10.2 Å². The minimum atomic E-state index is -0.476. The van der Waals surface area contributed by atoms with Crippen LogP contribution in [-0.4, -0.2) is 42.2 Å². The fourth-order valence-corrected chi connectivity index (χ4v) is 3.25. The fraction of sp³-hybridized carbons (Fsp3) is 0.261. The third-order valence-electron chi connectivity index (χ3n) is 4.67. The van der Waals surface area contributed by atoms with Crippen molar-refractivity contribution in [3.8, 4) is 17.2 Å². The lowest BCUT2D eigenvalue weighted by Gasteiger charge is -2.16. The zero-order chi connectivity index (χ0) is 22.8. The molecule has 0 saturated heterocycles. The number of amides is 2. The molecule has 162 valence electrons. The van der Waals surface area contributed by atoms with E-state index in [2.05, 4.69) is 5.32 Å². The average Bonchev–Trinajstić information content (AvgIpc) is 3.02. The first-order chi connectivity index (χ1) is 14.6. The summed E-state index contributed by atoms with van der Waals surface area (Å²) in [5.74, 6) is 0.872. The molecule has 31 heavy (non-hydrogen) atoms. The lowest BCUT2D eigenvalue weighted by atomic mass is 9.99. The van der Waals surface area contributed by atoms with E-state index in [0.717, 1.165) is 5.56 Å². The van der Waals surface area contributed by atoms with Gasteiger partial charge in [0.15, 0.2) is 0 Å². The Morgan fingerprint density at radius 3 is 2.48 bits per heavy atom.